The summed E-state index contributed by atoms with van der Waals surface area (Å²) in [6.07, 6.45) is 18.5. The van der Waals surface area contributed by atoms with Crippen LogP contribution >= 0.6 is 23.4 Å². The number of allylic oxidation sites excluding steroid dienone is 9. The average molecular weight is 707 g/mol. The predicted molar refractivity (Wildman–Crippen MR) is 205 cm³/mol. The van der Waals surface area contributed by atoms with Gasteiger partial charge in [0.2, 0.25) is 0 Å². The molecule has 2 atom stereocenters. The molecule has 4 aromatic rings. The summed E-state index contributed by atoms with van der Waals surface area (Å²) in [7, 11) is 0. The minimum atomic E-state index is -0.808. The van der Waals surface area contributed by atoms with E-state index in [0.29, 0.717) is 24.7 Å². The lowest BCUT2D eigenvalue weighted by Crippen LogP contribution is -2.15. The van der Waals surface area contributed by atoms with E-state index in [2.05, 4.69) is 97.1 Å². The molecule has 258 valence electrons. The Kier molecular flexibility index (Phi) is 11.0. The number of aliphatic hydroxyl groups is 1. The number of pyridine rings is 1. The number of rotatable bonds is 9. The van der Waals surface area contributed by atoms with Crippen LogP contribution in [0.25, 0.3) is 22.0 Å². The van der Waals surface area contributed by atoms with E-state index in [9.17, 15) is 9.90 Å². The lowest BCUT2D eigenvalue weighted by Gasteiger charge is -2.21. The number of carbonyl (C=O) groups is 1. The lowest BCUT2D eigenvalue weighted by atomic mass is 9.97. The third kappa shape index (κ3) is 8.63. The second-order valence-electron chi connectivity index (χ2n) is 13.3. The van der Waals surface area contributed by atoms with Crippen molar-refractivity contribution in [2.75, 3.05) is 0 Å². The molecule has 2 N–H and O–H groups in total. The summed E-state index contributed by atoms with van der Waals surface area (Å²) in [5.41, 5.74) is 9.42. The van der Waals surface area contributed by atoms with E-state index in [1.807, 2.05) is 30.1 Å². The Balaban J connectivity index is 0.000000281. The fourth-order valence-electron chi connectivity index (χ4n) is 6.45. The number of halogens is 1. The Hall–Kier alpha value is -4.46. The molecular weight excluding hydrogens is 664 g/mol. The highest BCUT2D eigenvalue weighted by molar-refractivity contribution is 8.00. The van der Waals surface area contributed by atoms with Gasteiger partial charge in [0.05, 0.1) is 21.8 Å². The van der Waals surface area contributed by atoms with E-state index in [-0.39, 0.29) is 17.1 Å². The standard InChI is InChI=1S/C32H31ClN2OS.C10H12O3/c1-21-17-27-29(36-20-26-10-9-25(18-34-26)24-7-5-4-6-8-24)12-11-28-30(27)31(37-21)22(2)35(28)19-23-13-15-32(3,33)16-14-23;11-9-4-2-1-3-8(7-9)5-6-10(12)13/h4-15,18,21H,16-17,19-20H2,1-3H3;1-4,11H,5-7H2,(H,12,13). The molecule has 0 radical (unpaired) electrons. The molecule has 0 saturated heterocycles. The minimum Gasteiger partial charge on any atom is -0.512 e. The van der Waals surface area contributed by atoms with Crippen molar-refractivity contribution >= 4 is 40.2 Å². The Labute approximate surface area is 303 Å². The first-order valence-corrected chi connectivity index (χ1v) is 18.3. The highest BCUT2D eigenvalue weighted by atomic mass is 35.5. The minimum absolute atomic E-state index is 0.118. The first-order chi connectivity index (χ1) is 24.1. The number of ether oxygens (including phenoxy) is 1. The van der Waals surface area contributed by atoms with Crippen LogP contribution in [0.15, 0.2) is 125 Å². The van der Waals surface area contributed by atoms with Crippen molar-refractivity contribution in [3.63, 3.8) is 0 Å². The fourth-order valence-corrected chi connectivity index (χ4v) is 7.87. The monoisotopic (exact) mass is 706 g/mol. The number of aliphatic hydroxyl groups excluding tert-OH is 1. The number of aromatic nitrogens is 2. The number of thioether (sulfide) groups is 1. The van der Waals surface area contributed by atoms with E-state index in [0.717, 1.165) is 42.0 Å². The van der Waals surface area contributed by atoms with Crippen LogP contribution < -0.4 is 4.74 Å². The number of hydrogen-bond acceptors (Lipinski definition) is 5. The molecule has 0 saturated carbocycles. The molecule has 3 heterocycles. The van der Waals surface area contributed by atoms with Gasteiger partial charge in [-0.1, -0.05) is 85.4 Å². The molecule has 2 aliphatic carbocycles. The van der Waals surface area contributed by atoms with Crippen molar-refractivity contribution in [3.8, 4) is 16.9 Å². The molecule has 1 aliphatic heterocycles. The van der Waals surface area contributed by atoms with Gasteiger partial charge in [-0.15, -0.1) is 23.4 Å². The van der Waals surface area contributed by atoms with Gasteiger partial charge in [-0.3, -0.25) is 9.78 Å². The smallest absolute Gasteiger partial charge is 0.303 e. The molecule has 6 nitrogen and oxygen atoms in total. The summed E-state index contributed by atoms with van der Waals surface area (Å²) in [6, 6.07) is 18.9. The Morgan fingerprint density at radius 2 is 1.90 bits per heavy atom. The van der Waals surface area contributed by atoms with E-state index in [4.69, 9.17) is 21.4 Å². The van der Waals surface area contributed by atoms with Crippen molar-refractivity contribution in [1.82, 2.24) is 9.55 Å². The van der Waals surface area contributed by atoms with Crippen molar-refractivity contribution in [2.24, 2.45) is 0 Å². The van der Waals surface area contributed by atoms with Gasteiger partial charge in [-0.25, -0.2) is 0 Å². The van der Waals surface area contributed by atoms with Gasteiger partial charge in [0.15, 0.2) is 0 Å². The van der Waals surface area contributed by atoms with Gasteiger partial charge in [0, 0.05) is 57.9 Å². The number of benzene rings is 2. The Bertz CT molecular complexity index is 2020. The normalized spacial score (nSPS) is 19.5. The molecule has 0 fully saturated rings. The van der Waals surface area contributed by atoms with Crippen LogP contribution in [0.2, 0.25) is 0 Å². The van der Waals surface area contributed by atoms with Crippen molar-refractivity contribution in [1.29, 1.82) is 0 Å². The van der Waals surface area contributed by atoms with E-state index < -0.39 is 5.97 Å². The maximum absolute atomic E-state index is 10.3. The van der Waals surface area contributed by atoms with Crippen molar-refractivity contribution in [3.05, 3.63) is 137 Å². The van der Waals surface area contributed by atoms with Gasteiger partial charge in [-0.05, 0) is 68.5 Å². The molecule has 7 rings (SSSR count). The highest BCUT2D eigenvalue weighted by Crippen LogP contribution is 2.47. The van der Waals surface area contributed by atoms with E-state index in [1.165, 1.54) is 38.2 Å². The maximum atomic E-state index is 10.3. The molecule has 0 amide bonds. The SMILES string of the molecule is Cc1c2c3c(c(OCc4ccc(-c5ccccc5)cn4)ccc3n1CC1=CCC(C)(Cl)C=C1)CC(C)S2.O=C(O)CCC1=CC=CC=C(O)C1. The van der Waals surface area contributed by atoms with Crippen LogP contribution in [0.4, 0.5) is 0 Å². The summed E-state index contributed by atoms with van der Waals surface area (Å²) in [5, 5.41) is 19.6. The molecule has 8 heteroatoms. The lowest BCUT2D eigenvalue weighted by molar-refractivity contribution is -0.136. The zero-order chi connectivity index (χ0) is 35.3. The molecule has 2 unspecified atom stereocenters. The predicted octanol–water partition coefficient (Wildman–Crippen LogP) is 10.7. The number of hydrogen-bond donors (Lipinski definition) is 2. The van der Waals surface area contributed by atoms with Crippen LogP contribution in [0.5, 0.6) is 5.75 Å². The maximum Gasteiger partial charge on any atom is 0.303 e. The molecule has 3 aliphatic rings. The highest BCUT2D eigenvalue weighted by Gasteiger charge is 2.28. The van der Waals surface area contributed by atoms with Gasteiger partial charge in [-0.2, -0.15) is 0 Å². The van der Waals surface area contributed by atoms with Gasteiger partial charge in [0.25, 0.3) is 0 Å². The third-order valence-electron chi connectivity index (χ3n) is 9.17. The Morgan fingerprint density at radius 3 is 2.62 bits per heavy atom. The van der Waals surface area contributed by atoms with Crippen LogP contribution in [0.3, 0.4) is 0 Å². The van der Waals surface area contributed by atoms with Gasteiger partial charge in [0.1, 0.15) is 12.4 Å². The zero-order valence-corrected chi connectivity index (χ0v) is 30.3. The van der Waals surface area contributed by atoms with E-state index in [1.54, 1.807) is 18.2 Å². The first kappa shape index (κ1) is 35.4. The number of aliphatic carboxylic acids is 1. The summed E-state index contributed by atoms with van der Waals surface area (Å²) in [4.78, 5) is 16.1. The summed E-state index contributed by atoms with van der Waals surface area (Å²) >= 11 is 8.49. The third-order valence-corrected chi connectivity index (χ3v) is 10.8. The quantitative estimate of drug-likeness (QED) is 0.169. The largest absolute Gasteiger partial charge is 0.512 e. The molecule has 0 spiro atoms. The first-order valence-electron chi connectivity index (χ1n) is 17.0. The second-order valence-corrected chi connectivity index (χ2v) is 15.6. The average Bonchev–Trinajstić information content (AvgIpc) is 3.22. The molecule has 2 aromatic carbocycles. The number of carboxylic acids is 1. The van der Waals surface area contributed by atoms with Crippen LogP contribution in [0, 0.1) is 6.92 Å². The molecule has 0 bridgehead atoms. The summed E-state index contributed by atoms with van der Waals surface area (Å²) in [5.74, 6) is 0.449. The van der Waals surface area contributed by atoms with E-state index >= 15 is 0 Å². The number of alkyl halides is 1. The van der Waals surface area contributed by atoms with Crippen LogP contribution in [-0.4, -0.2) is 35.9 Å². The molecule has 50 heavy (non-hydrogen) atoms. The van der Waals surface area contributed by atoms with Gasteiger partial charge < -0.3 is 19.5 Å². The summed E-state index contributed by atoms with van der Waals surface area (Å²) < 4.78 is 8.87. The fraction of sp³-hybridized carbons (Fsp3) is 0.286. The topological polar surface area (TPSA) is 84.6 Å². The van der Waals surface area contributed by atoms with Crippen molar-refractivity contribution in [2.45, 2.75) is 81.0 Å². The van der Waals surface area contributed by atoms with Crippen LogP contribution in [-0.2, 0) is 24.4 Å². The van der Waals surface area contributed by atoms with Crippen molar-refractivity contribution < 1.29 is 19.7 Å². The van der Waals surface area contributed by atoms with Gasteiger partial charge >= 0.3 is 5.97 Å². The Morgan fingerprint density at radius 1 is 1.10 bits per heavy atom. The number of carboxylic acid groups (broad SMARTS) is 1. The molecule has 2 aromatic heterocycles. The summed E-state index contributed by atoms with van der Waals surface area (Å²) in [6.45, 7) is 7.94. The second kappa shape index (κ2) is 15.6. The zero-order valence-electron chi connectivity index (χ0n) is 28.7. The van der Waals surface area contributed by atoms with Crippen LogP contribution in [0.1, 0.15) is 56.5 Å². The molecular formula is C42H43ClN2O4S. The number of nitrogens with zero attached hydrogens (tertiary/aromatic N) is 2.